The zero-order chi connectivity index (χ0) is 28.3. The Morgan fingerprint density at radius 3 is 2.58 bits per heavy atom. The van der Waals surface area contributed by atoms with Crippen LogP contribution < -0.4 is 14.4 Å². The normalized spacial score (nSPS) is 15.3. The molecule has 1 aliphatic heterocycles. The highest BCUT2D eigenvalue weighted by Crippen LogP contribution is 2.33. The number of aromatic nitrogens is 1. The van der Waals surface area contributed by atoms with Gasteiger partial charge in [0.1, 0.15) is 5.75 Å². The second-order valence-corrected chi connectivity index (χ2v) is 12.4. The van der Waals surface area contributed by atoms with Crippen molar-refractivity contribution in [3.05, 3.63) is 89.1 Å². The Balaban J connectivity index is 1.39. The summed E-state index contributed by atoms with van der Waals surface area (Å²) >= 11 is 6.27. The maximum atomic E-state index is 13.4. The van der Waals surface area contributed by atoms with Crippen LogP contribution in [0.5, 0.6) is 11.6 Å². The average Bonchev–Trinajstić information content (AvgIpc) is 2.94. The lowest BCUT2D eigenvalue weighted by Crippen LogP contribution is -2.44. The molecule has 3 aromatic carbocycles. The molecule has 210 valence electrons. The van der Waals surface area contributed by atoms with Crippen LogP contribution in [0.25, 0.3) is 10.8 Å². The standard InChI is InChI=1S/C31H35ClN4O3S/c1-4-7-29-27(22(2)34-40(37,38)26-12-13-28-23(20-26)8-5-11-30(28)32)14-15-33-31(29)39-25-10-6-9-24(21-25)36-18-16-35(3)17-19-36/h5-6,8-15,20-22,34H,4,7,16-19H2,1-3H3. The molecule has 9 heteroatoms. The predicted molar refractivity (Wildman–Crippen MR) is 162 cm³/mol. The largest absolute Gasteiger partial charge is 0.439 e. The maximum absolute atomic E-state index is 13.4. The van der Waals surface area contributed by atoms with E-state index >= 15 is 0 Å². The van der Waals surface area contributed by atoms with Crippen LogP contribution in [0, 0.1) is 0 Å². The number of rotatable bonds is 9. The summed E-state index contributed by atoms with van der Waals surface area (Å²) < 4.78 is 36.0. The Morgan fingerprint density at radius 2 is 1.80 bits per heavy atom. The number of benzene rings is 3. The van der Waals surface area contributed by atoms with Gasteiger partial charge in [-0.2, -0.15) is 0 Å². The number of piperazine rings is 1. The summed E-state index contributed by atoms with van der Waals surface area (Å²) in [6.45, 7) is 7.92. The number of sulfonamides is 1. The SMILES string of the molecule is CCCc1c(C(C)NS(=O)(=O)c2ccc3c(Cl)cccc3c2)ccnc1Oc1cccc(N2CCN(C)CC2)c1. The highest BCUT2D eigenvalue weighted by atomic mass is 35.5. The van der Waals surface area contributed by atoms with Crippen molar-refractivity contribution in [1.82, 2.24) is 14.6 Å². The van der Waals surface area contributed by atoms with Crippen LogP contribution in [0.3, 0.4) is 0 Å². The molecule has 5 rings (SSSR count). The Morgan fingerprint density at radius 1 is 1.02 bits per heavy atom. The molecule has 2 heterocycles. The van der Waals surface area contributed by atoms with E-state index in [4.69, 9.17) is 16.3 Å². The van der Waals surface area contributed by atoms with Gasteiger partial charge in [0, 0.05) is 66.1 Å². The van der Waals surface area contributed by atoms with Crippen LogP contribution in [0.15, 0.2) is 77.8 Å². The molecule has 1 aliphatic rings. The first-order valence-corrected chi connectivity index (χ1v) is 15.5. The molecule has 40 heavy (non-hydrogen) atoms. The van der Waals surface area contributed by atoms with Crippen LogP contribution in [0.1, 0.15) is 37.4 Å². The van der Waals surface area contributed by atoms with Crippen molar-refractivity contribution in [1.29, 1.82) is 0 Å². The van der Waals surface area contributed by atoms with Gasteiger partial charge in [0.25, 0.3) is 0 Å². The van der Waals surface area contributed by atoms with Gasteiger partial charge in [-0.05, 0) is 67.7 Å². The van der Waals surface area contributed by atoms with Crippen molar-refractivity contribution < 1.29 is 13.2 Å². The minimum atomic E-state index is -3.80. The quantitative estimate of drug-likeness (QED) is 0.247. The lowest BCUT2D eigenvalue weighted by Gasteiger charge is -2.34. The van der Waals surface area contributed by atoms with Gasteiger partial charge in [-0.15, -0.1) is 0 Å². The van der Waals surface area contributed by atoms with Gasteiger partial charge >= 0.3 is 0 Å². The third-order valence-electron chi connectivity index (χ3n) is 7.36. The van der Waals surface area contributed by atoms with E-state index in [-0.39, 0.29) is 4.90 Å². The minimum Gasteiger partial charge on any atom is -0.439 e. The molecule has 0 aliphatic carbocycles. The van der Waals surface area contributed by atoms with Gasteiger partial charge in [0.05, 0.1) is 4.90 Å². The molecule has 0 bridgehead atoms. The number of likely N-dealkylation sites (N-methyl/N-ethyl adjacent to an activating group) is 1. The van der Waals surface area contributed by atoms with Crippen molar-refractivity contribution in [2.45, 2.75) is 37.6 Å². The minimum absolute atomic E-state index is 0.192. The van der Waals surface area contributed by atoms with E-state index in [1.165, 1.54) is 0 Å². The summed E-state index contributed by atoms with van der Waals surface area (Å²) in [6, 6.07) is 19.9. The number of hydrogen-bond acceptors (Lipinski definition) is 6. The lowest BCUT2D eigenvalue weighted by atomic mass is 10.0. The van der Waals surface area contributed by atoms with Crippen LogP contribution >= 0.6 is 11.6 Å². The number of nitrogens with one attached hydrogen (secondary N) is 1. The summed E-state index contributed by atoms with van der Waals surface area (Å²) in [7, 11) is -1.66. The summed E-state index contributed by atoms with van der Waals surface area (Å²) in [6.07, 6.45) is 3.25. The van der Waals surface area contributed by atoms with Gasteiger partial charge < -0.3 is 14.5 Å². The van der Waals surface area contributed by atoms with Crippen molar-refractivity contribution in [2.24, 2.45) is 0 Å². The molecule has 0 saturated carbocycles. The van der Waals surface area contributed by atoms with Crippen LogP contribution in [0.4, 0.5) is 5.69 Å². The molecule has 1 unspecified atom stereocenters. The third-order valence-corrected chi connectivity index (χ3v) is 9.23. The fourth-order valence-corrected chi connectivity index (χ4v) is 6.66. The van der Waals surface area contributed by atoms with Gasteiger partial charge in [-0.1, -0.05) is 49.2 Å². The third kappa shape index (κ3) is 6.25. The van der Waals surface area contributed by atoms with Gasteiger partial charge in [0.15, 0.2) is 0 Å². The number of nitrogens with zero attached hydrogens (tertiary/aromatic N) is 3. The van der Waals surface area contributed by atoms with Gasteiger partial charge in [-0.25, -0.2) is 18.1 Å². The molecule has 1 N–H and O–H groups in total. The second kappa shape index (κ2) is 12.1. The van der Waals surface area contributed by atoms with E-state index in [0.717, 1.165) is 60.2 Å². The zero-order valence-corrected chi connectivity index (χ0v) is 24.7. The first-order valence-electron chi connectivity index (χ1n) is 13.6. The summed E-state index contributed by atoms with van der Waals surface area (Å²) in [5.41, 5.74) is 2.86. The number of hydrogen-bond donors (Lipinski definition) is 1. The molecule has 0 amide bonds. The van der Waals surface area contributed by atoms with E-state index in [9.17, 15) is 8.42 Å². The van der Waals surface area contributed by atoms with Gasteiger partial charge in [0.2, 0.25) is 15.9 Å². The van der Waals surface area contributed by atoms with Crippen LogP contribution in [-0.2, 0) is 16.4 Å². The monoisotopic (exact) mass is 578 g/mol. The van der Waals surface area contributed by atoms with E-state index in [1.54, 1.807) is 30.5 Å². The fraction of sp³-hybridized carbons (Fsp3) is 0.323. The molecule has 0 radical (unpaired) electrons. The summed E-state index contributed by atoms with van der Waals surface area (Å²) in [5, 5.41) is 2.17. The Bertz CT molecular complexity index is 1600. The molecular formula is C31H35ClN4O3S. The molecule has 1 atom stereocenters. The molecular weight excluding hydrogens is 544 g/mol. The van der Waals surface area contributed by atoms with E-state index in [0.29, 0.717) is 23.1 Å². The van der Waals surface area contributed by atoms with E-state index in [1.807, 2.05) is 43.3 Å². The Kier molecular flexibility index (Phi) is 8.61. The molecule has 4 aromatic rings. The topological polar surface area (TPSA) is 74.8 Å². The molecule has 1 aromatic heterocycles. The molecule has 7 nitrogen and oxygen atoms in total. The zero-order valence-electron chi connectivity index (χ0n) is 23.1. The first-order chi connectivity index (χ1) is 19.2. The Hall–Kier alpha value is -3.17. The molecule has 0 spiro atoms. The number of pyridine rings is 1. The smallest absolute Gasteiger partial charge is 0.241 e. The maximum Gasteiger partial charge on any atom is 0.241 e. The number of anilines is 1. The second-order valence-electron chi connectivity index (χ2n) is 10.3. The number of halogens is 1. The number of fused-ring (bicyclic) bond motifs is 1. The van der Waals surface area contributed by atoms with Crippen molar-refractivity contribution >= 4 is 38.1 Å². The van der Waals surface area contributed by atoms with Crippen molar-refractivity contribution in [3.63, 3.8) is 0 Å². The van der Waals surface area contributed by atoms with E-state index < -0.39 is 16.1 Å². The van der Waals surface area contributed by atoms with Crippen LogP contribution in [0.2, 0.25) is 5.02 Å². The summed E-state index contributed by atoms with van der Waals surface area (Å²) in [4.78, 5) is 9.43. The average molecular weight is 579 g/mol. The first kappa shape index (κ1) is 28.4. The summed E-state index contributed by atoms with van der Waals surface area (Å²) in [5.74, 6) is 1.21. The molecule has 1 saturated heterocycles. The van der Waals surface area contributed by atoms with Crippen molar-refractivity contribution in [3.8, 4) is 11.6 Å². The lowest BCUT2D eigenvalue weighted by molar-refractivity contribution is 0.312. The highest BCUT2D eigenvalue weighted by molar-refractivity contribution is 7.89. The number of ether oxygens (including phenoxy) is 1. The van der Waals surface area contributed by atoms with E-state index in [2.05, 4.69) is 39.5 Å². The van der Waals surface area contributed by atoms with Crippen LogP contribution in [-0.4, -0.2) is 51.5 Å². The predicted octanol–water partition coefficient (Wildman–Crippen LogP) is 6.42. The highest BCUT2D eigenvalue weighted by Gasteiger charge is 2.23. The fourth-order valence-electron chi connectivity index (χ4n) is 5.16. The molecule has 1 fully saturated rings. The Labute approximate surface area is 241 Å². The van der Waals surface area contributed by atoms with Crippen molar-refractivity contribution in [2.75, 3.05) is 38.1 Å². The van der Waals surface area contributed by atoms with Gasteiger partial charge in [-0.3, -0.25) is 0 Å².